The first-order valence-electron chi connectivity index (χ1n) is 6.09. The zero-order valence-corrected chi connectivity index (χ0v) is 12.6. The maximum atomic E-state index is 10.9. The summed E-state index contributed by atoms with van der Waals surface area (Å²) in [4.78, 5) is 18.2. The van der Waals surface area contributed by atoms with Crippen molar-refractivity contribution in [2.45, 2.75) is 0 Å². The number of halogens is 2. The number of hydrogen-bond donors (Lipinski definition) is 3. The predicted molar refractivity (Wildman–Crippen MR) is 84.0 cm³/mol. The van der Waals surface area contributed by atoms with Gasteiger partial charge in [-0.15, -0.1) is 0 Å². The molecule has 2 aromatic rings. The molecule has 2 rings (SSSR count). The molecule has 3 N–H and O–H groups in total. The second-order valence-electron chi connectivity index (χ2n) is 4.09. The SMILES string of the molecule is O=[N+]([O-])c1cnc(Nc2ccc(Cl)c(Cl)c2)nc1NCCO. The quantitative estimate of drug-likeness (QED) is 0.545. The summed E-state index contributed by atoms with van der Waals surface area (Å²) in [7, 11) is 0. The maximum absolute atomic E-state index is 10.9. The minimum absolute atomic E-state index is 0.0108. The Balaban J connectivity index is 2.27. The molecule has 0 aliphatic heterocycles. The monoisotopic (exact) mass is 343 g/mol. The van der Waals surface area contributed by atoms with Crippen LogP contribution in [-0.4, -0.2) is 33.1 Å². The lowest BCUT2D eigenvalue weighted by Crippen LogP contribution is -2.11. The van der Waals surface area contributed by atoms with Gasteiger partial charge in [-0.1, -0.05) is 23.2 Å². The lowest BCUT2D eigenvalue weighted by molar-refractivity contribution is -0.384. The summed E-state index contributed by atoms with van der Waals surface area (Å²) in [6, 6.07) is 4.85. The Morgan fingerprint density at radius 1 is 1.32 bits per heavy atom. The van der Waals surface area contributed by atoms with Crippen molar-refractivity contribution in [2.24, 2.45) is 0 Å². The standard InChI is InChI=1S/C12H11Cl2N5O3/c13-8-2-1-7(5-9(8)14)17-12-16-6-10(19(21)22)11(18-12)15-3-4-20/h1-2,5-6,20H,3-4H2,(H2,15,16,17,18). The van der Waals surface area contributed by atoms with Crippen molar-refractivity contribution in [2.75, 3.05) is 23.8 Å². The third kappa shape index (κ3) is 3.94. The van der Waals surface area contributed by atoms with Crippen LogP contribution < -0.4 is 10.6 Å². The van der Waals surface area contributed by atoms with Crippen LogP contribution in [0.1, 0.15) is 0 Å². The van der Waals surface area contributed by atoms with Gasteiger partial charge in [0.15, 0.2) is 0 Å². The predicted octanol–water partition coefficient (Wildman–Crippen LogP) is 2.84. The minimum atomic E-state index is -0.608. The van der Waals surface area contributed by atoms with Gasteiger partial charge in [0.25, 0.3) is 0 Å². The average Bonchev–Trinajstić information content (AvgIpc) is 2.49. The highest BCUT2D eigenvalue weighted by atomic mass is 35.5. The molecule has 0 bridgehead atoms. The summed E-state index contributed by atoms with van der Waals surface area (Å²) in [5.41, 5.74) is 0.296. The molecule has 1 aromatic heterocycles. The summed E-state index contributed by atoms with van der Waals surface area (Å²) in [5, 5.41) is 26.0. The van der Waals surface area contributed by atoms with E-state index in [-0.39, 0.29) is 30.6 Å². The van der Waals surface area contributed by atoms with Gasteiger partial charge in [-0.25, -0.2) is 4.98 Å². The lowest BCUT2D eigenvalue weighted by atomic mass is 10.3. The van der Waals surface area contributed by atoms with Crippen molar-refractivity contribution < 1.29 is 10.0 Å². The van der Waals surface area contributed by atoms with Gasteiger partial charge in [0.2, 0.25) is 11.8 Å². The van der Waals surface area contributed by atoms with Gasteiger partial charge in [-0.2, -0.15) is 4.98 Å². The Morgan fingerprint density at radius 3 is 2.73 bits per heavy atom. The van der Waals surface area contributed by atoms with Crippen molar-refractivity contribution >= 4 is 46.3 Å². The van der Waals surface area contributed by atoms with Gasteiger partial charge in [0, 0.05) is 12.2 Å². The number of aliphatic hydroxyl groups excluding tert-OH is 1. The highest BCUT2D eigenvalue weighted by Gasteiger charge is 2.17. The largest absolute Gasteiger partial charge is 0.395 e. The van der Waals surface area contributed by atoms with Gasteiger partial charge >= 0.3 is 5.69 Å². The Bertz CT molecular complexity index is 698. The van der Waals surface area contributed by atoms with Crippen molar-refractivity contribution in [1.82, 2.24) is 9.97 Å². The molecule has 0 saturated carbocycles. The van der Waals surface area contributed by atoms with E-state index in [4.69, 9.17) is 28.3 Å². The Kier molecular flexibility index (Phi) is 5.31. The van der Waals surface area contributed by atoms with E-state index in [2.05, 4.69) is 20.6 Å². The molecule has 0 saturated heterocycles. The van der Waals surface area contributed by atoms with E-state index in [9.17, 15) is 10.1 Å². The first kappa shape index (κ1) is 16.2. The van der Waals surface area contributed by atoms with Crippen LogP contribution in [0.2, 0.25) is 10.0 Å². The van der Waals surface area contributed by atoms with E-state index in [1.54, 1.807) is 18.2 Å². The van der Waals surface area contributed by atoms with Crippen LogP contribution in [0.5, 0.6) is 0 Å². The zero-order valence-electron chi connectivity index (χ0n) is 11.1. The molecule has 1 aromatic carbocycles. The van der Waals surface area contributed by atoms with Crippen LogP contribution in [0.15, 0.2) is 24.4 Å². The van der Waals surface area contributed by atoms with Crippen molar-refractivity contribution in [3.63, 3.8) is 0 Å². The molecular formula is C12H11Cl2N5O3. The fraction of sp³-hybridized carbons (Fsp3) is 0.167. The molecule has 10 heteroatoms. The van der Waals surface area contributed by atoms with Gasteiger partial charge < -0.3 is 15.7 Å². The fourth-order valence-electron chi connectivity index (χ4n) is 1.58. The van der Waals surface area contributed by atoms with Crippen molar-refractivity contribution in [3.8, 4) is 0 Å². The molecule has 0 aliphatic rings. The molecule has 0 atom stereocenters. The lowest BCUT2D eigenvalue weighted by Gasteiger charge is -2.08. The van der Waals surface area contributed by atoms with Crippen molar-refractivity contribution in [1.29, 1.82) is 0 Å². The normalized spacial score (nSPS) is 10.3. The van der Waals surface area contributed by atoms with Gasteiger partial charge in [-0.3, -0.25) is 10.1 Å². The molecule has 0 amide bonds. The highest BCUT2D eigenvalue weighted by Crippen LogP contribution is 2.27. The van der Waals surface area contributed by atoms with E-state index in [1.807, 2.05) is 0 Å². The number of nitrogens with one attached hydrogen (secondary N) is 2. The Morgan fingerprint density at radius 2 is 2.09 bits per heavy atom. The van der Waals surface area contributed by atoms with E-state index < -0.39 is 4.92 Å². The van der Waals surface area contributed by atoms with Gasteiger partial charge in [0.1, 0.15) is 6.20 Å². The Hall–Kier alpha value is -2.16. The molecular weight excluding hydrogens is 333 g/mol. The highest BCUT2D eigenvalue weighted by molar-refractivity contribution is 6.42. The number of hydrogen-bond acceptors (Lipinski definition) is 7. The zero-order chi connectivity index (χ0) is 16.1. The minimum Gasteiger partial charge on any atom is -0.395 e. The van der Waals surface area contributed by atoms with Crippen LogP contribution in [-0.2, 0) is 0 Å². The topological polar surface area (TPSA) is 113 Å². The molecule has 0 radical (unpaired) electrons. The molecule has 1 heterocycles. The van der Waals surface area contributed by atoms with Crippen LogP contribution in [0, 0.1) is 10.1 Å². The molecule has 22 heavy (non-hydrogen) atoms. The third-order valence-electron chi connectivity index (χ3n) is 2.55. The molecule has 8 nitrogen and oxygen atoms in total. The van der Waals surface area contributed by atoms with Crippen molar-refractivity contribution in [3.05, 3.63) is 44.6 Å². The van der Waals surface area contributed by atoms with Crippen LogP contribution in [0.25, 0.3) is 0 Å². The molecule has 0 fully saturated rings. The summed E-state index contributed by atoms with van der Waals surface area (Å²) in [6.07, 6.45) is 1.08. The maximum Gasteiger partial charge on any atom is 0.329 e. The van der Waals surface area contributed by atoms with E-state index >= 15 is 0 Å². The summed E-state index contributed by atoms with van der Waals surface area (Å²) in [6.45, 7) is -0.0548. The van der Waals surface area contributed by atoms with E-state index in [1.165, 1.54) is 0 Å². The first-order valence-corrected chi connectivity index (χ1v) is 6.85. The second kappa shape index (κ2) is 7.21. The van der Waals surface area contributed by atoms with Gasteiger partial charge in [-0.05, 0) is 18.2 Å². The van der Waals surface area contributed by atoms with E-state index in [0.29, 0.717) is 15.7 Å². The number of aromatic nitrogens is 2. The van der Waals surface area contributed by atoms with E-state index in [0.717, 1.165) is 6.20 Å². The first-order chi connectivity index (χ1) is 10.5. The Labute approximate surface area is 135 Å². The summed E-state index contributed by atoms with van der Waals surface area (Å²) in [5.74, 6) is 0.154. The molecule has 0 unspecified atom stereocenters. The van der Waals surface area contributed by atoms with Gasteiger partial charge in [0.05, 0.1) is 21.6 Å². The number of nitrogens with zero attached hydrogens (tertiary/aromatic N) is 3. The smallest absolute Gasteiger partial charge is 0.329 e. The number of benzene rings is 1. The number of anilines is 3. The molecule has 116 valence electrons. The van der Waals surface area contributed by atoms with Crippen LogP contribution in [0.3, 0.4) is 0 Å². The second-order valence-corrected chi connectivity index (χ2v) is 4.90. The number of aliphatic hydroxyl groups is 1. The molecule has 0 aliphatic carbocycles. The number of rotatable bonds is 6. The van der Waals surface area contributed by atoms with Crippen LogP contribution >= 0.6 is 23.2 Å². The summed E-state index contributed by atoms with van der Waals surface area (Å²) >= 11 is 11.7. The average molecular weight is 344 g/mol. The molecule has 0 spiro atoms. The fourth-order valence-corrected chi connectivity index (χ4v) is 1.87. The number of nitro groups is 1. The third-order valence-corrected chi connectivity index (χ3v) is 3.29. The van der Waals surface area contributed by atoms with Crippen LogP contribution in [0.4, 0.5) is 23.1 Å². The summed E-state index contributed by atoms with van der Waals surface area (Å²) < 4.78 is 0.